The number of aliphatic carboxylic acids is 1. The number of aromatic nitrogens is 1. The van der Waals surface area contributed by atoms with E-state index < -0.39 is 11.9 Å². The molecule has 1 aromatic heterocycles. The molecule has 29 heavy (non-hydrogen) atoms. The number of carbonyl (C=O) groups is 2. The molecular weight excluding hydrogens is 370 g/mol. The SMILES string of the molecule is COC(=O)c1ccc(Cc2cn(C)c3ccc(C=CCC(=O)O)cc23)c(OC)c1. The molecule has 0 saturated carbocycles. The van der Waals surface area contributed by atoms with Crippen LogP contribution in [0.3, 0.4) is 0 Å². The topological polar surface area (TPSA) is 77.8 Å². The molecule has 0 spiro atoms. The van der Waals surface area contributed by atoms with Crippen molar-refractivity contribution < 1.29 is 24.2 Å². The first-order valence-electron chi connectivity index (χ1n) is 9.14. The van der Waals surface area contributed by atoms with Crippen LogP contribution < -0.4 is 4.74 Å². The monoisotopic (exact) mass is 393 g/mol. The zero-order valence-electron chi connectivity index (χ0n) is 16.6. The molecule has 0 aliphatic rings. The number of hydrogen-bond donors (Lipinski definition) is 1. The minimum Gasteiger partial charge on any atom is -0.496 e. The van der Waals surface area contributed by atoms with Crippen LogP contribution in [0, 0.1) is 0 Å². The van der Waals surface area contributed by atoms with E-state index in [2.05, 4.69) is 16.8 Å². The predicted molar refractivity (Wildman–Crippen MR) is 111 cm³/mol. The molecule has 6 nitrogen and oxygen atoms in total. The van der Waals surface area contributed by atoms with Crippen molar-refractivity contribution in [2.24, 2.45) is 7.05 Å². The van der Waals surface area contributed by atoms with Crippen molar-refractivity contribution in [1.29, 1.82) is 0 Å². The van der Waals surface area contributed by atoms with Gasteiger partial charge in [-0.1, -0.05) is 24.3 Å². The van der Waals surface area contributed by atoms with Crippen LogP contribution in [-0.2, 0) is 23.0 Å². The van der Waals surface area contributed by atoms with E-state index in [9.17, 15) is 9.59 Å². The van der Waals surface area contributed by atoms with Crippen LogP contribution in [0.25, 0.3) is 17.0 Å². The second-order valence-corrected chi connectivity index (χ2v) is 6.74. The van der Waals surface area contributed by atoms with E-state index in [4.69, 9.17) is 14.6 Å². The molecule has 0 amide bonds. The van der Waals surface area contributed by atoms with Crippen molar-refractivity contribution >= 4 is 28.9 Å². The molecule has 0 aliphatic carbocycles. The van der Waals surface area contributed by atoms with Gasteiger partial charge < -0.3 is 19.1 Å². The van der Waals surface area contributed by atoms with E-state index in [1.54, 1.807) is 25.3 Å². The molecule has 0 aliphatic heterocycles. The van der Waals surface area contributed by atoms with Crippen molar-refractivity contribution in [3.63, 3.8) is 0 Å². The van der Waals surface area contributed by atoms with Gasteiger partial charge in [0, 0.05) is 30.6 Å². The Morgan fingerprint density at radius 3 is 2.59 bits per heavy atom. The number of aryl methyl sites for hydroxylation is 1. The summed E-state index contributed by atoms with van der Waals surface area (Å²) in [4.78, 5) is 22.5. The van der Waals surface area contributed by atoms with E-state index in [1.165, 1.54) is 7.11 Å². The highest BCUT2D eigenvalue weighted by Gasteiger charge is 2.14. The fraction of sp³-hybridized carbons (Fsp3) is 0.217. The largest absolute Gasteiger partial charge is 0.496 e. The number of methoxy groups -OCH3 is 2. The summed E-state index contributed by atoms with van der Waals surface area (Å²) in [5.74, 6) is -0.634. The number of ether oxygens (including phenoxy) is 2. The van der Waals surface area contributed by atoms with Gasteiger partial charge in [0.15, 0.2) is 0 Å². The number of carboxylic acid groups (broad SMARTS) is 1. The number of nitrogens with zero attached hydrogens (tertiary/aromatic N) is 1. The third-order valence-electron chi connectivity index (χ3n) is 4.79. The van der Waals surface area contributed by atoms with Gasteiger partial charge in [0.05, 0.1) is 26.2 Å². The predicted octanol–water partition coefficient (Wildman–Crippen LogP) is 4.05. The minimum atomic E-state index is -0.856. The summed E-state index contributed by atoms with van der Waals surface area (Å²) >= 11 is 0. The van der Waals surface area contributed by atoms with E-state index >= 15 is 0 Å². The number of benzene rings is 2. The van der Waals surface area contributed by atoms with Gasteiger partial charge >= 0.3 is 11.9 Å². The highest BCUT2D eigenvalue weighted by atomic mass is 16.5. The van der Waals surface area contributed by atoms with Crippen LogP contribution >= 0.6 is 0 Å². The van der Waals surface area contributed by atoms with Crippen LogP contribution in [0.5, 0.6) is 5.75 Å². The van der Waals surface area contributed by atoms with Crippen LogP contribution in [0.2, 0.25) is 0 Å². The third-order valence-corrected chi connectivity index (χ3v) is 4.79. The number of carboxylic acids is 1. The number of carbonyl (C=O) groups excluding carboxylic acids is 1. The van der Waals surface area contributed by atoms with E-state index in [0.29, 0.717) is 17.7 Å². The van der Waals surface area contributed by atoms with Crippen LogP contribution in [0.1, 0.15) is 33.5 Å². The van der Waals surface area contributed by atoms with Crippen molar-refractivity contribution in [3.05, 3.63) is 70.9 Å². The Kier molecular flexibility index (Phi) is 6.02. The van der Waals surface area contributed by atoms with Crippen molar-refractivity contribution in [3.8, 4) is 5.75 Å². The zero-order chi connectivity index (χ0) is 21.0. The molecule has 1 heterocycles. The number of rotatable bonds is 7. The summed E-state index contributed by atoms with van der Waals surface area (Å²) in [6.45, 7) is 0. The zero-order valence-corrected chi connectivity index (χ0v) is 16.6. The summed E-state index contributed by atoms with van der Waals surface area (Å²) in [5, 5.41) is 9.89. The fourth-order valence-electron chi connectivity index (χ4n) is 3.37. The van der Waals surface area contributed by atoms with Gasteiger partial charge in [-0.15, -0.1) is 0 Å². The first-order valence-corrected chi connectivity index (χ1v) is 9.14. The summed E-state index contributed by atoms with van der Waals surface area (Å²) < 4.78 is 12.3. The number of fused-ring (bicyclic) bond motifs is 1. The molecule has 6 heteroatoms. The molecule has 1 N–H and O–H groups in total. The Labute approximate surface area is 169 Å². The van der Waals surface area contributed by atoms with Gasteiger partial charge in [-0.05, 0) is 41.0 Å². The molecule has 150 valence electrons. The quantitative estimate of drug-likeness (QED) is 0.613. The Morgan fingerprint density at radius 2 is 1.90 bits per heavy atom. The second-order valence-electron chi connectivity index (χ2n) is 6.74. The number of esters is 1. The van der Waals surface area contributed by atoms with Crippen LogP contribution in [-0.4, -0.2) is 35.8 Å². The first kappa shape index (κ1) is 20.2. The van der Waals surface area contributed by atoms with Gasteiger partial charge in [-0.2, -0.15) is 0 Å². The summed E-state index contributed by atoms with van der Waals surface area (Å²) in [6.07, 6.45) is 6.15. The standard InChI is InChI=1S/C23H23NO5/c1-24-14-18(12-16-8-9-17(23(27)29-3)13-21(16)28-2)19-11-15(7-10-20(19)24)5-4-6-22(25)26/h4-5,7-11,13-14H,6,12H2,1-3H3,(H,25,26). The first-order chi connectivity index (χ1) is 13.9. The van der Waals surface area contributed by atoms with Gasteiger partial charge in [0.2, 0.25) is 0 Å². The molecule has 0 atom stereocenters. The maximum atomic E-state index is 11.8. The molecule has 0 radical (unpaired) electrons. The third kappa shape index (κ3) is 4.48. The minimum absolute atomic E-state index is 0.0105. The average molecular weight is 393 g/mol. The molecule has 0 bridgehead atoms. The molecule has 0 unspecified atom stereocenters. The lowest BCUT2D eigenvalue weighted by Crippen LogP contribution is -2.03. The summed E-state index contributed by atoms with van der Waals surface area (Å²) in [5.41, 5.74) is 4.54. The normalized spacial score (nSPS) is 11.1. The maximum absolute atomic E-state index is 11.8. The molecule has 0 saturated heterocycles. The van der Waals surface area contributed by atoms with Crippen LogP contribution in [0.15, 0.2) is 48.7 Å². The van der Waals surface area contributed by atoms with Gasteiger partial charge in [0.25, 0.3) is 0 Å². The van der Waals surface area contributed by atoms with Crippen molar-refractivity contribution in [2.75, 3.05) is 14.2 Å². The molecule has 3 aromatic rings. The van der Waals surface area contributed by atoms with Crippen molar-refractivity contribution in [1.82, 2.24) is 4.57 Å². The lowest BCUT2D eigenvalue weighted by Gasteiger charge is -2.10. The van der Waals surface area contributed by atoms with Gasteiger partial charge in [-0.25, -0.2) is 4.79 Å². The van der Waals surface area contributed by atoms with Gasteiger partial charge in [0.1, 0.15) is 5.75 Å². The average Bonchev–Trinajstić information content (AvgIpc) is 3.02. The second kappa shape index (κ2) is 8.65. The van der Waals surface area contributed by atoms with E-state index in [-0.39, 0.29) is 6.42 Å². The number of hydrogen-bond acceptors (Lipinski definition) is 4. The smallest absolute Gasteiger partial charge is 0.337 e. The van der Waals surface area contributed by atoms with Crippen LogP contribution in [0.4, 0.5) is 0 Å². The Balaban J connectivity index is 1.96. The molecule has 2 aromatic carbocycles. The van der Waals surface area contributed by atoms with Gasteiger partial charge in [-0.3, -0.25) is 4.79 Å². The molecular formula is C23H23NO5. The molecule has 0 fully saturated rings. The maximum Gasteiger partial charge on any atom is 0.337 e. The summed E-state index contributed by atoms with van der Waals surface area (Å²) in [6, 6.07) is 11.3. The Hall–Kier alpha value is -3.54. The molecule has 3 rings (SSSR count). The highest BCUT2D eigenvalue weighted by molar-refractivity contribution is 5.90. The fourth-order valence-corrected chi connectivity index (χ4v) is 3.37. The van der Waals surface area contributed by atoms with E-state index in [0.717, 1.165) is 27.6 Å². The van der Waals surface area contributed by atoms with E-state index in [1.807, 2.05) is 31.3 Å². The van der Waals surface area contributed by atoms with Crippen molar-refractivity contribution in [2.45, 2.75) is 12.8 Å². The highest BCUT2D eigenvalue weighted by Crippen LogP contribution is 2.29. The summed E-state index contributed by atoms with van der Waals surface area (Å²) in [7, 11) is 4.92. The Morgan fingerprint density at radius 1 is 1.10 bits per heavy atom. The Bertz CT molecular complexity index is 1090. The lowest BCUT2D eigenvalue weighted by atomic mass is 10.0. The lowest BCUT2D eigenvalue weighted by molar-refractivity contribution is -0.135.